The summed E-state index contributed by atoms with van der Waals surface area (Å²) in [5.74, 6) is -7.37. The van der Waals surface area contributed by atoms with E-state index in [2.05, 4.69) is 9.47 Å². The molecule has 0 amide bonds. The number of hydrogen-bond acceptors (Lipinski definition) is 14. The SMILES string of the molecule is COc1cc(C(=O)Oc2ccc(/C=C/C(=O)C(O)C(c3cc(N)cc(N)c3)C(O)C(=O)/C=C/c3ccc(OC(=O)c4ccc(OC(F)(F)F)c(OC)c4)cc3)cc2)ccc1OC(F)(F)F. The van der Waals surface area contributed by atoms with Gasteiger partial charge in [-0.05, 0) is 108 Å². The van der Waals surface area contributed by atoms with Gasteiger partial charge in [-0.2, -0.15) is 0 Å². The van der Waals surface area contributed by atoms with Crippen molar-refractivity contribution >= 4 is 47.0 Å². The fourth-order valence-corrected chi connectivity index (χ4v) is 5.97. The molecule has 0 saturated carbocycles. The predicted octanol–water partition coefficient (Wildman–Crippen LogP) is 7.47. The fraction of sp³-hybridized carbons (Fsp3) is 0.156. The van der Waals surface area contributed by atoms with Crippen LogP contribution in [0.25, 0.3) is 12.2 Å². The molecule has 0 heterocycles. The third-order valence-electron chi connectivity index (χ3n) is 8.96. The van der Waals surface area contributed by atoms with Gasteiger partial charge in [0.2, 0.25) is 0 Å². The second kappa shape index (κ2) is 20.6. The first-order chi connectivity index (χ1) is 30.6. The summed E-state index contributed by atoms with van der Waals surface area (Å²) in [5, 5.41) is 22.6. The predicted molar refractivity (Wildman–Crippen MR) is 220 cm³/mol. The van der Waals surface area contributed by atoms with Crippen molar-refractivity contribution < 1.29 is 84.2 Å². The van der Waals surface area contributed by atoms with Crippen molar-refractivity contribution in [1.29, 1.82) is 0 Å². The summed E-state index contributed by atoms with van der Waals surface area (Å²) in [6, 6.07) is 21.1. The van der Waals surface area contributed by atoms with Crippen LogP contribution >= 0.6 is 0 Å². The lowest BCUT2D eigenvalue weighted by Gasteiger charge is -2.26. The van der Waals surface area contributed by atoms with Crippen molar-refractivity contribution in [2.24, 2.45) is 0 Å². The van der Waals surface area contributed by atoms with E-state index in [9.17, 15) is 55.7 Å². The molecular weight excluding hydrogens is 874 g/mol. The Morgan fingerprint density at radius 1 is 0.538 bits per heavy atom. The molecule has 5 aromatic carbocycles. The van der Waals surface area contributed by atoms with E-state index in [-0.39, 0.29) is 51.1 Å². The Hall–Kier alpha value is -7.84. The third kappa shape index (κ3) is 13.6. The van der Waals surface area contributed by atoms with E-state index in [0.717, 1.165) is 62.8 Å². The maximum Gasteiger partial charge on any atom is 0.573 e. The van der Waals surface area contributed by atoms with E-state index in [1.54, 1.807) is 0 Å². The summed E-state index contributed by atoms with van der Waals surface area (Å²) in [7, 11) is 2.18. The molecule has 340 valence electrons. The summed E-state index contributed by atoms with van der Waals surface area (Å²) in [6.45, 7) is 0. The number of alkyl halides is 6. The Bertz CT molecular complexity index is 2420. The first-order valence-electron chi connectivity index (χ1n) is 18.6. The van der Waals surface area contributed by atoms with Gasteiger partial charge in [0.15, 0.2) is 34.6 Å². The number of aliphatic hydroxyl groups is 2. The Kier molecular flexibility index (Phi) is 15.2. The van der Waals surface area contributed by atoms with E-state index < -0.39 is 65.9 Å². The van der Waals surface area contributed by atoms with Crippen molar-refractivity contribution in [2.45, 2.75) is 30.9 Å². The number of carbonyl (C=O) groups is 4. The minimum Gasteiger partial charge on any atom is -0.493 e. The van der Waals surface area contributed by atoms with E-state index in [4.69, 9.17) is 30.4 Å². The van der Waals surface area contributed by atoms with Crippen molar-refractivity contribution in [3.63, 3.8) is 0 Å². The normalized spacial score (nSPS) is 13.1. The topological polar surface area (TPSA) is 216 Å². The molecule has 65 heavy (non-hydrogen) atoms. The minimum atomic E-state index is -4.99. The van der Waals surface area contributed by atoms with Crippen molar-refractivity contribution in [3.05, 3.63) is 143 Å². The smallest absolute Gasteiger partial charge is 0.493 e. The number of benzene rings is 5. The molecule has 0 bridgehead atoms. The zero-order valence-corrected chi connectivity index (χ0v) is 33.8. The number of halogens is 6. The quantitative estimate of drug-likeness (QED) is 0.0234. The molecule has 5 aromatic rings. The summed E-state index contributed by atoms with van der Waals surface area (Å²) < 4.78 is 104. The Morgan fingerprint density at radius 2 is 0.908 bits per heavy atom. The lowest BCUT2D eigenvalue weighted by Crippen LogP contribution is -2.38. The molecule has 0 spiro atoms. The number of ether oxygens (including phenoxy) is 6. The highest BCUT2D eigenvalue weighted by Crippen LogP contribution is 2.35. The second-order valence-electron chi connectivity index (χ2n) is 13.6. The number of esters is 2. The number of rotatable bonds is 17. The summed E-state index contributed by atoms with van der Waals surface area (Å²) in [5.41, 5.74) is 12.6. The molecule has 2 unspecified atom stereocenters. The third-order valence-corrected chi connectivity index (χ3v) is 8.96. The summed E-state index contributed by atoms with van der Waals surface area (Å²) in [6.07, 6.45) is -9.47. The first kappa shape index (κ1) is 48.2. The van der Waals surface area contributed by atoms with Gasteiger partial charge in [0, 0.05) is 11.4 Å². The van der Waals surface area contributed by atoms with Crippen LogP contribution in [0.1, 0.15) is 43.3 Å². The van der Waals surface area contributed by atoms with E-state index >= 15 is 0 Å². The Labute approximate surface area is 364 Å². The summed E-state index contributed by atoms with van der Waals surface area (Å²) >= 11 is 0. The second-order valence-corrected chi connectivity index (χ2v) is 13.6. The molecule has 0 aliphatic heterocycles. The Balaban J connectivity index is 1.24. The molecular formula is C45H36F6N2O12. The van der Waals surface area contributed by atoms with Gasteiger partial charge < -0.3 is 50.1 Å². The van der Waals surface area contributed by atoms with Crippen LogP contribution in [-0.4, -0.2) is 72.9 Å². The highest BCUT2D eigenvalue weighted by atomic mass is 19.4. The highest BCUT2D eigenvalue weighted by Gasteiger charge is 2.36. The van der Waals surface area contributed by atoms with E-state index in [1.807, 2.05) is 0 Å². The fourth-order valence-electron chi connectivity index (χ4n) is 5.97. The van der Waals surface area contributed by atoms with Crippen molar-refractivity contribution in [1.82, 2.24) is 0 Å². The number of nitrogen functional groups attached to an aromatic ring is 2. The zero-order valence-electron chi connectivity index (χ0n) is 33.8. The molecule has 0 aliphatic rings. The number of nitrogens with two attached hydrogens (primary N) is 2. The number of ketones is 2. The molecule has 14 nitrogen and oxygen atoms in total. The van der Waals surface area contributed by atoms with E-state index in [0.29, 0.717) is 11.1 Å². The van der Waals surface area contributed by atoms with Crippen LogP contribution in [0.3, 0.4) is 0 Å². The molecule has 0 saturated heterocycles. The van der Waals surface area contributed by atoms with Gasteiger partial charge in [0.05, 0.1) is 31.3 Å². The lowest BCUT2D eigenvalue weighted by molar-refractivity contribution is -0.276. The Morgan fingerprint density at radius 3 is 1.25 bits per heavy atom. The van der Waals surface area contributed by atoms with Gasteiger partial charge in [-0.1, -0.05) is 36.4 Å². The van der Waals surface area contributed by atoms with Crippen LogP contribution in [0.2, 0.25) is 0 Å². The minimum absolute atomic E-state index is 0.0218. The molecule has 0 fully saturated rings. The monoisotopic (exact) mass is 910 g/mol. The maximum absolute atomic E-state index is 13.3. The van der Waals surface area contributed by atoms with E-state index in [1.165, 1.54) is 78.9 Å². The van der Waals surface area contributed by atoms with Crippen LogP contribution in [0.5, 0.6) is 34.5 Å². The van der Waals surface area contributed by atoms with Crippen LogP contribution in [0.15, 0.2) is 115 Å². The number of anilines is 2. The van der Waals surface area contributed by atoms with Crippen LogP contribution in [0, 0.1) is 0 Å². The molecule has 0 radical (unpaired) electrons. The number of aliphatic hydroxyl groups excluding tert-OH is 2. The molecule has 5 rings (SSSR count). The molecule has 6 N–H and O–H groups in total. The zero-order chi connectivity index (χ0) is 47.6. The number of hydrogen-bond donors (Lipinski definition) is 4. The average Bonchev–Trinajstić information content (AvgIpc) is 3.24. The lowest BCUT2D eigenvalue weighted by atomic mass is 9.83. The highest BCUT2D eigenvalue weighted by molar-refractivity contribution is 6.01. The molecule has 2 atom stereocenters. The van der Waals surface area contributed by atoms with Crippen molar-refractivity contribution in [2.75, 3.05) is 25.7 Å². The van der Waals surface area contributed by atoms with Gasteiger partial charge in [0.25, 0.3) is 0 Å². The van der Waals surface area contributed by atoms with Crippen LogP contribution in [-0.2, 0) is 9.59 Å². The van der Waals surface area contributed by atoms with Gasteiger partial charge in [-0.25, -0.2) is 9.59 Å². The van der Waals surface area contributed by atoms with Gasteiger partial charge >= 0.3 is 24.7 Å². The maximum atomic E-state index is 13.3. The van der Waals surface area contributed by atoms with Gasteiger partial charge in [-0.15, -0.1) is 26.3 Å². The average molecular weight is 911 g/mol. The van der Waals surface area contributed by atoms with Gasteiger partial charge in [-0.3, -0.25) is 9.59 Å². The number of carbonyl (C=O) groups excluding carboxylic acids is 4. The van der Waals surface area contributed by atoms with Crippen LogP contribution < -0.4 is 39.9 Å². The molecule has 0 aliphatic carbocycles. The molecule has 20 heteroatoms. The summed E-state index contributed by atoms with van der Waals surface area (Å²) in [4.78, 5) is 52.1. The standard InChI is InChI=1S/C45H36F6N2O12/c1-60-37-21-26(9-17-35(37)64-44(46,47)48)42(58)62-31-11-3-24(4-12-31)7-15-33(54)40(56)39(28-19-29(52)23-30(53)20-28)41(57)34(55)16-8-25-5-13-32(14-6-25)63-43(59)27-10-18-36(38(22-27)61-2)65-45(49,50)51/h3-23,39-41,56-57H,52-53H2,1-2H3/b15-7+,16-8+. The number of methoxy groups -OCH3 is 2. The first-order valence-corrected chi connectivity index (χ1v) is 18.6. The van der Waals surface area contributed by atoms with Crippen molar-refractivity contribution in [3.8, 4) is 34.5 Å². The molecule has 0 aromatic heterocycles. The largest absolute Gasteiger partial charge is 0.573 e. The van der Waals surface area contributed by atoms with Gasteiger partial charge in [0.1, 0.15) is 23.7 Å². The van der Waals surface area contributed by atoms with Crippen LogP contribution in [0.4, 0.5) is 37.7 Å².